The summed E-state index contributed by atoms with van der Waals surface area (Å²) in [5.74, 6) is -6.07. The Morgan fingerprint density at radius 3 is 2.57 bits per heavy atom. The summed E-state index contributed by atoms with van der Waals surface area (Å²) < 4.78 is 29.0. The normalized spacial score (nSPS) is 21.8. The Hall–Kier alpha value is -1.72. The van der Waals surface area contributed by atoms with E-state index in [0.717, 1.165) is 11.1 Å². The van der Waals surface area contributed by atoms with Crippen molar-refractivity contribution in [2.45, 2.75) is 32.2 Å². The number of allylic oxidation sites excluding steroid dienone is 3. The maximum atomic E-state index is 14.5. The Morgan fingerprint density at radius 1 is 1.39 bits per heavy atom. The van der Waals surface area contributed by atoms with Crippen LogP contribution in [0, 0.1) is 12.8 Å². The Labute approximate surface area is 138 Å². The summed E-state index contributed by atoms with van der Waals surface area (Å²) in [4.78, 5) is 10.8. The van der Waals surface area contributed by atoms with E-state index in [1.54, 1.807) is 0 Å². The topological polar surface area (TPSA) is 63.3 Å². The predicted octanol–water partition coefficient (Wildman–Crippen LogP) is 3.96. The predicted molar refractivity (Wildman–Crippen MR) is 86.4 cm³/mol. The third kappa shape index (κ3) is 3.31. The van der Waals surface area contributed by atoms with Crippen molar-refractivity contribution in [2.24, 2.45) is 11.7 Å². The first-order chi connectivity index (χ1) is 10.7. The van der Waals surface area contributed by atoms with Gasteiger partial charge in [-0.1, -0.05) is 41.9 Å². The standard InChI is InChI=1S/C17H18ClF2NO2/c1-9-5-3-4-6-11(9)12-7-13(14(21)8-15(22)23)17(19,20)16(18)10(12)2/h3-7,13-14H,8,21H2,1-2H3,(H,22,23). The fourth-order valence-electron chi connectivity index (χ4n) is 2.81. The largest absolute Gasteiger partial charge is 0.481 e. The second-order valence-electron chi connectivity index (χ2n) is 5.74. The Kier molecular flexibility index (Phi) is 4.92. The van der Waals surface area contributed by atoms with Crippen molar-refractivity contribution < 1.29 is 18.7 Å². The Balaban J connectivity index is 2.55. The van der Waals surface area contributed by atoms with E-state index in [9.17, 15) is 13.6 Å². The number of alkyl halides is 2. The molecule has 0 radical (unpaired) electrons. The van der Waals surface area contributed by atoms with Crippen molar-refractivity contribution in [3.8, 4) is 0 Å². The highest BCUT2D eigenvalue weighted by molar-refractivity contribution is 6.32. The molecule has 2 rings (SSSR count). The lowest BCUT2D eigenvalue weighted by molar-refractivity contribution is -0.138. The molecule has 124 valence electrons. The number of hydrogen-bond acceptors (Lipinski definition) is 2. The van der Waals surface area contributed by atoms with Gasteiger partial charge in [0.25, 0.3) is 5.92 Å². The first kappa shape index (κ1) is 17.6. The van der Waals surface area contributed by atoms with Gasteiger partial charge >= 0.3 is 5.97 Å². The van der Waals surface area contributed by atoms with E-state index < -0.39 is 35.3 Å². The van der Waals surface area contributed by atoms with Gasteiger partial charge in [0, 0.05) is 6.04 Å². The zero-order valence-corrected chi connectivity index (χ0v) is 13.6. The van der Waals surface area contributed by atoms with Crippen molar-refractivity contribution >= 4 is 23.1 Å². The number of halogens is 3. The van der Waals surface area contributed by atoms with Crippen LogP contribution in [-0.2, 0) is 4.79 Å². The molecular formula is C17H18ClF2NO2. The van der Waals surface area contributed by atoms with Gasteiger partial charge in [0.15, 0.2) is 0 Å². The summed E-state index contributed by atoms with van der Waals surface area (Å²) in [5.41, 5.74) is 8.28. The molecule has 23 heavy (non-hydrogen) atoms. The summed E-state index contributed by atoms with van der Waals surface area (Å²) in [6, 6.07) is 6.12. The van der Waals surface area contributed by atoms with Crippen LogP contribution in [0.4, 0.5) is 8.78 Å². The SMILES string of the molecule is CC1=C(Cl)C(F)(F)C(C(N)CC(=O)O)C=C1c1ccccc1C. The number of aryl methyl sites for hydroxylation is 1. The average Bonchev–Trinajstić information content (AvgIpc) is 2.45. The van der Waals surface area contributed by atoms with Crippen LogP contribution in [0.15, 0.2) is 40.9 Å². The van der Waals surface area contributed by atoms with Crippen LogP contribution in [-0.4, -0.2) is 23.0 Å². The molecule has 0 aromatic heterocycles. The maximum absolute atomic E-state index is 14.5. The minimum absolute atomic E-state index is 0.282. The zero-order chi connectivity index (χ0) is 17.4. The summed E-state index contributed by atoms with van der Waals surface area (Å²) in [6.07, 6.45) is 0.804. The number of rotatable bonds is 4. The molecule has 0 amide bonds. The lowest BCUT2D eigenvalue weighted by Gasteiger charge is -2.34. The quantitative estimate of drug-likeness (QED) is 0.871. The van der Waals surface area contributed by atoms with Gasteiger partial charge in [-0.3, -0.25) is 4.79 Å². The van der Waals surface area contributed by atoms with Crippen molar-refractivity contribution in [1.82, 2.24) is 0 Å². The average molecular weight is 342 g/mol. The smallest absolute Gasteiger partial charge is 0.304 e. The fraction of sp³-hybridized carbons (Fsp3) is 0.353. The molecule has 6 heteroatoms. The summed E-state index contributed by atoms with van der Waals surface area (Å²) in [6.45, 7) is 3.41. The number of carboxylic acids is 1. The van der Waals surface area contributed by atoms with E-state index in [-0.39, 0.29) is 5.57 Å². The second kappa shape index (κ2) is 6.42. The van der Waals surface area contributed by atoms with Gasteiger partial charge in [0.2, 0.25) is 0 Å². The highest BCUT2D eigenvalue weighted by Crippen LogP contribution is 2.47. The molecule has 0 saturated heterocycles. The molecule has 3 N–H and O–H groups in total. The molecule has 3 nitrogen and oxygen atoms in total. The van der Waals surface area contributed by atoms with E-state index >= 15 is 0 Å². The fourth-order valence-corrected chi connectivity index (χ4v) is 3.04. The number of benzene rings is 1. The van der Waals surface area contributed by atoms with E-state index in [1.165, 1.54) is 13.0 Å². The minimum Gasteiger partial charge on any atom is -0.481 e. The maximum Gasteiger partial charge on any atom is 0.304 e. The van der Waals surface area contributed by atoms with Crippen molar-refractivity contribution in [2.75, 3.05) is 0 Å². The Morgan fingerprint density at radius 2 is 2.00 bits per heavy atom. The lowest BCUT2D eigenvalue weighted by Crippen LogP contribution is -2.44. The monoisotopic (exact) mass is 341 g/mol. The lowest BCUT2D eigenvalue weighted by atomic mass is 9.79. The van der Waals surface area contributed by atoms with E-state index in [2.05, 4.69) is 0 Å². The van der Waals surface area contributed by atoms with Crippen LogP contribution in [0.2, 0.25) is 0 Å². The molecule has 0 saturated carbocycles. The van der Waals surface area contributed by atoms with Gasteiger partial charge in [-0.25, -0.2) is 0 Å². The molecule has 0 heterocycles. The van der Waals surface area contributed by atoms with Gasteiger partial charge < -0.3 is 10.8 Å². The number of nitrogens with two attached hydrogens (primary N) is 1. The minimum atomic E-state index is -3.38. The van der Waals surface area contributed by atoms with Crippen LogP contribution in [0.1, 0.15) is 24.5 Å². The summed E-state index contributed by atoms with van der Waals surface area (Å²) in [5, 5.41) is 8.26. The van der Waals surface area contributed by atoms with Gasteiger partial charge in [-0.05, 0) is 36.1 Å². The summed E-state index contributed by atoms with van der Waals surface area (Å²) in [7, 11) is 0. The van der Waals surface area contributed by atoms with Crippen LogP contribution in [0.5, 0.6) is 0 Å². The van der Waals surface area contributed by atoms with Gasteiger partial charge in [-0.15, -0.1) is 0 Å². The highest BCUT2D eigenvalue weighted by atomic mass is 35.5. The molecule has 1 aliphatic carbocycles. The zero-order valence-electron chi connectivity index (χ0n) is 12.8. The molecular weight excluding hydrogens is 324 g/mol. The summed E-state index contributed by atoms with van der Waals surface area (Å²) >= 11 is 5.92. The second-order valence-corrected chi connectivity index (χ2v) is 6.12. The third-order valence-corrected chi connectivity index (χ3v) is 4.63. The Bertz CT molecular complexity index is 698. The molecule has 2 atom stereocenters. The van der Waals surface area contributed by atoms with Gasteiger partial charge in [-0.2, -0.15) is 8.78 Å². The number of carboxylic acid groups (broad SMARTS) is 1. The van der Waals surface area contributed by atoms with Crippen LogP contribution < -0.4 is 5.73 Å². The first-order valence-corrected chi connectivity index (χ1v) is 7.54. The molecule has 1 aliphatic rings. The van der Waals surface area contributed by atoms with Crippen LogP contribution in [0.25, 0.3) is 5.57 Å². The number of carbonyl (C=O) groups is 1. The van der Waals surface area contributed by atoms with E-state index in [0.29, 0.717) is 5.57 Å². The highest BCUT2D eigenvalue weighted by Gasteiger charge is 2.48. The molecule has 0 fully saturated rings. The molecule has 0 bridgehead atoms. The van der Waals surface area contributed by atoms with Crippen LogP contribution in [0.3, 0.4) is 0 Å². The van der Waals surface area contributed by atoms with Crippen LogP contribution >= 0.6 is 11.6 Å². The van der Waals surface area contributed by atoms with Gasteiger partial charge in [0.1, 0.15) is 0 Å². The third-order valence-electron chi connectivity index (χ3n) is 4.10. The van der Waals surface area contributed by atoms with Crippen molar-refractivity contribution in [3.63, 3.8) is 0 Å². The molecule has 0 aliphatic heterocycles. The molecule has 1 aromatic carbocycles. The van der Waals surface area contributed by atoms with E-state index in [1.807, 2.05) is 31.2 Å². The number of aliphatic carboxylic acids is 1. The van der Waals surface area contributed by atoms with E-state index in [4.69, 9.17) is 22.4 Å². The van der Waals surface area contributed by atoms with Gasteiger partial charge in [0.05, 0.1) is 17.4 Å². The number of hydrogen-bond donors (Lipinski definition) is 2. The first-order valence-electron chi connectivity index (χ1n) is 7.16. The van der Waals surface area contributed by atoms with Crippen molar-refractivity contribution in [3.05, 3.63) is 52.1 Å². The molecule has 0 spiro atoms. The molecule has 2 unspecified atom stereocenters. The molecule has 1 aromatic rings. The van der Waals surface area contributed by atoms with Crippen molar-refractivity contribution in [1.29, 1.82) is 0 Å².